The van der Waals surface area contributed by atoms with Gasteiger partial charge in [-0.3, -0.25) is 4.79 Å². The van der Waals surface area contributed by atoms with Gasteiger partial charge in [-0.05, 0) is 36.8 Å². The van der Waals surface area contributed by atoms with Crippen molar-refractivity contribution >= 4 is 21.8 Å². The summed E-state index contributed by atoms with van der Waals surface area (Å²) in [6.45, 7) is 2.64. The van der Waals surface area contributed by atoms with E-state index in [1.807, 2.05) is 25.1 Å². The molecule has 108 valence electrons. The summed E-state index contributed by atoms with van der Waals surface area (Å²) in [5, 5.41) is 8.77. The van der Waals surface area contributed by atoms with E-state index in [0.717, 1.165) is 10.0 Å². The van der Waals surface area contributed by atoms with Gasteiger partial charge in [0.2, 0.25) is 0 Å². The van der Waals surface area contributed by atoms with Gasteiger partial charge in [0.15, 0.2) is 0 Å². The maximum Gasteiger partial charge on any atom is 0.254 e. The number of amides is 1. The molecule has 1 amide bonds. The van der Waals surface area contributed by atoms with Crippen LogP contribution >= 0.6 is 15.9 Å². The molecule has 0 saturated carbocycles. The predicted molar refractivity (Wildman–Crippen MR) is 82.6 cm³/mol. The molecule has 0 fully saturated rings. The molecule has 0 bridgehead atoms. The number of hydrogen-bond donors (Lipinski definition) is 0. The number of carbonyl (C=O) groups excluding carboxylic acids is 1. The van der Waals surface area contributed by atoms with Gasteiger partial charge in [0.05, 0.1) is 25.3 Å². The van der Waals surface area contributed by atoms with Crippen LogP contribution in [0.1, 0.15) is 28.1 Å². The molecule has 5 heteroatoms. The zero-order valence-corrected chi connectivity index (χ0v) is 13.3. The van der Waals surface area contributed by atoms with Crippen LogP contribution in [0, 0.1) is 18.3 Å². The third-order valence-electron chi connectivity index (χ3n) is 3.14. The molecule has 0 unspecified atom stereocenters. The molecule has 2 rings (SSSR count). The summed E-state index contributed by atoms with van der Waals surface area (Å²) in [5.74, 6) is 0.606. The van der Waals surface area contributed by atoms with Crippen LogP contribution in [0.25, 0.3) is 0 Å². The minimum absolute atomic E-state index is 0.0968. The van der Waals surface area contributed by atoms with E-state index >= 15 is 0 Å². The van der Waals surface area contributed by atoms with Gasteiger partial charge in [-0.1, -0.05) is 22.0 Å². The fourth-order valence-electron chi connectivity index (χ4n) is 2.02. The molecule has 0 N–H and O–H groups in total. The molecular formula is C16H15BrN2O2. The normalized spacial score (nSPS) is 10.1. The average molecular weight is 347 g/mol. The van der Waals surface area contributed by atoms with Gasteiger partial charge in [0.25, 0.3) is 5.91 Å². The average Bonchev–Trinajstić information content (AvgIpc) is 2.98. The topological polar surface area (TPSA) is 57.2 Å². The molecule has 1 aromatic carbocycles. The van der Waals surface area contributed by atoms with Crippen molar-refractivity contribution in [3.63, 3.8) is 0 Å². The van der Waals surface area contributed by atoms with E-state index in [-0.39, 0.29) is 5.91 Å². The second-order valence-corrected chi connectivity index (χ2v) is 5.59. The summed E-state index contributed by atoms with van der Waals surface area (Å²) in [6.07, 6.45) is 1.87. The number of benzene rings is 1. The molecule has 0 radical (unpaired) electrons. The molecule has 2 aromatic rings. The van der Waals surface area contributed by atoms with Crippen LogP contribution in [0.4, 0.5) is 0 Å². The highest BCUT2D eigenvalue weighted by Gasteiger charge is 2.19. The largest absolute Gasteiger partial charge is 0.467 e. The number of nitriles is 1. The third-order valence-corrected chi connectivity index (χ3v) is 3.63. The summed E-state index contributed by atoms with van der Waals surface area (Å²) in [4.78, 5) is 14.3. The van der Waals surface area contributed by atoms with Crippen LogP contribution in [0.15, 0.2) is 45.5 Å². The van der Waals surface area contributed by atoms with Crippen LogP contribution in [0.3, 0.4) is 0 Å². The molecule has 0 aliphatic rings. The Morgan fingerprint density at radius 2 is 2.24 bits per heavy atom. The Labute approximate surface area is 132 Å². The van der Waals surface area contributed by atoms with Crippen LogP contribution in [0.2, 0.25) is 0 Å². The van der Waals surface area contributed by atoms with Crippen molar-refractivity contribution in [3.05, 3.63) is 58.0 Å². The zero-order chi connectivity index (χ0) is 15.2. The van der Waals surface area contributed by atoms with Gasteiger partial charge in [0.1, 0.15) is 5.76 Å². The van der Waals surface area contributed by atoms with E-state index in [2.05, 4.69) is 22.0 Å². The molecular weight excluding hydrogens is 332 g/mol. The van der Waals surface area contributed by atoms with Gasteiger partial charge in [-0.25, -0.2) is 0 Å². The first-order valence-corrected chi connectivity index (χ1v) is 7.36. The maximum absolute atomic E-state index is 12.7. The van der Waals surface area contributed by atoms with Crippen molar-refractivity contribution in [3.8, 4) is 6.07 Å². The second kappa shape index (κ2) is 7.09. The third kappa shape index (κ3) is 3.96. The van der Waals surface area contributed by atoms with Crippen molar-refractivity contribution < 1.29 is 9.21 Å². The first-order chi connectivity index (χ1) is 10.1. The Balaban J connectivity index is 2.24. The maximum atomic E-state index is 12.7. The second-order valence-electron chi connectivity index (χ2n) is 4.67. The molecule has 0 saturated heterocycles. The monoisotopic (exact) mass is 346 g/mol. The number of hydrogen-bond acceptors (Lipinski definition) is 3. The number of nitrogens with zero attached hydrogens (tertiary/aromatic N) is 2. The van der Waals surface area contributed by atoms with Crippen LogP contribution in [-0.4, -0.2) is 17.4 Å². The Morgan fingerprint density at radius 3 is 2.90 bits per heavy atom. The SMILES string of the molecule is Cc1ccc(Br)cc1C(=O)N(CCC#N)Cc1ccco1. The highest BCUT2D eigenvalue weighted by Crippen LogP contribution is 2.19. The number of aryl methyl sites for hydroxylation is 1. The summed E-state index contributed by atoms with van der Waals surface area (Å²) in [6, 6.07) is 11.3. The molecule has 0 atom stereocenters. The Hall–Kier alpha value is -2.06. The van der Waals surface area contributed by atoms with E-state index in [4.69, 9.17) is 9.68 Å². The number of rotatable bonds is 5. The van der Waals surface area contributed by atoms with Crippen molar-refractivity contribution in [1.29, 1.82) is 5.26 Å². The van der Waals surface area contributed by atoms with E-state index in [1.165, 1.54) is 0 Å². The molecule has 1 heterocycles. The first kappa shape index (κ1) is 15.3. The molecule has 0 aliphatic heterocycles. The highest BCUT2D eigenvalue weighted by molar-refractivity contribution is 9.10. The fourth-order valence-corrected chi connectivity index (χ4v) is 2.38. The molecule has 4 nitrogen and oxygen atoms in total. The highest BCUT2D eigenvalue weighted by atomic mass is 79.9. The lowest BCUT2D eigenvalue weighted by Gasteiger charge is -2.21. The van der Waals surface area contributed by atoms with Crippen LogP contribution in [-0.2, 0) is 6.54 Å². The summed E-state index contributed by atoms with van der Waals surface area (Å²) < 4.78 is 6.15. The van der Waals surface area contributed by atoms with Crippen molar-refractivity contribution in [1.82, 2.24) is 4.90 Å². The smallest absolute Gasteiger partial charge is 0.254 e. The molecule has 0 spiro atoms. The predicted octanol–water partition coefficient (Wildman–Crippen LogP) is 3.91. The molecule has 21 heavy (non-hydrogen) atoms. The van der Waals surface area contributed by atoms with E-state index in [0.29, 0.717) is 30.8 Å². The summed E-state index contributed by atoms with van der Waals surface area (Å²) in [5.41, 5.74) is 1.54. The van der Waals surface area contributed by atoms with Gasteiger partial charge in [-0.2, -0.15) is 5.26 Å². The number of furan rings is 1. The Morgan fingerprint density at radius 1 is 1.43 bits per heavy atom. The lowest BCUT2D eigenvalue weighted by Crippen LogP contribution is -2.31. The van der Waals surface area contributed by atoms with Gasteiger partial charge >= 0.3 is 0 Å². The summed E-state index contributed by atoms with van der Waals surface area (Å²) in [7, 11) is 0. The van der Waals surface area contributed by atoms with Crippen LogP contribution < -0.4 is 0 Å². The lowest BCUT2D eigenvalue weighted by molar-refractivity contribution is 0.0734. The zero-order valence-electron chi connectivity index (χ0n) is 11.7. The van der Waals surface area contributed by atoms with Gasteiger partial charge < -0.3 is 9.32 Å². The lowest BCUT2D eigenvalue weighted by atomic mass is 10.1. The number of halogens is 1. The van der Waals surface area contributed by atoms with E-state index < -0.39 is 0 Å². The standard InChI is InChI=1S/C16H15BrN2O2/c1-12-5-6-13(17)10-15(12)16(20)19(8-3-7-18)11-14-4-2-9-21-14/h2,4-6,9-10H,3,8,11H2,1H3. The van der Waals surface area contributed by atoms with Gasteiger partial charge in [0, 0.05) is 16.6 Å². The van der Waals surface area contributed by atoms with Crippen molar-refractivity contribution in [2.45, 2.75) is 19.9 Å². The van der Waals surface area contributed by atoms with E-state index in [1.54, 1.807) is 23.3 Å². The molecule has 1 aromatic heterocycles. The Bertz CT molecular complexity index is 659. The van der Waals surface area contributed by atoms with E-state index in [9.17, 15) is 4.79 Å². The molecule has 0 aliphatic carbocycles. The van der Waals surface area contributed by atoms with Crippen LogP contribution in [0.5, 0.6) is 0 Å². The first-order valence-electron chi connectivity index (χ1n) is 6.56. The van der Waals surface area contributed by atoms with Gasteiger partial charge in [-0.15, -0.1) is 0 Å². The van der Waals surface area contributed by atoms with Crippen molar-refractivity contribution in [2.24, 2.45) is 0 Å². The minimum Gasteiger partial charge on any atom is -0.467 e. The fraction of sp³-hybridized carbons (Fsp3) is 0.250. The quantitative estimate of drug-likeness (QED) is 0.824. The van der Waals surface area contributed by atoms with Crippen molar-refractivity contribution in [2.75, 3.05) is 6.54 Å². The number of carbonyl (C=O) groups is 1. The summed E-state index contributed by atoms with van der Waals surface area (Å²) >= 11 is 3.39. The Kier molecular flexibility index (Phi) is 5.18. The minimum atomic E-state index is -0.0968.